The predicted octanol–water partition coefficient (Wildman–Crippen LogP) is 2.96. The van der Waals surface area contributed by atoms with Crippen molar-refractivity contribution in [2.45, 2.75) is 13.0 Å². The zero-order valence-electron chi connectivity index (χ0n) is 10.5. The van der Waals surface area contributed by atoms with Crippen LogP contribution in [0.25, 0.3) is 0 Å². The first-order valence-corrected chi connectivity index (χ1v) is 6.00. The maximum absolute atomic E-state index is 13.4. The summed E-state index contributed by atoms with van der Waals surface area (Å²) in [5.74, 6) is -3.37. The van der Waals surface area contributed by atoms with E-state index in [0.29, 0.717) is 12.1 Å². The van der Waals surface area contributed by atoms with Gasteiger partial charge in [0.05, 0.1) is 6.42 Å². The highest BCUT2D eigenvalue weighted by molar-refractivity contribution is 5.78. The fourth-order valence-corrected chi connectivity index (χ4v) is 1.77. The Balaban J connectivity index is 1.97. The van der Waals surface area contributed by atoms with Crippen molar-refractivity contribution in [3.8, 4) is 0 Å². The highest BCUT2D eigenvalue weighted by Gasteiger charge is 2.12. The maximum atomic E-state index is 13.4. The van der Waals surface area contributed by atoms with Crippen LogP contribution in [0.2, 0.25) is 0 Å². The number of benzene rings is 2. The van der Waals surface area contributed by atoms with Crippen molar-refractivity contribution >= 4 is 5.91 Å². The van der Waals surface area contributed by atoms with E-state index in [2.05, 4.69) is 5.32 Å². The number of rotatable bonds is 4. The van der Waals surface area contributed by atoms with Gasteiger partial charge in [-0.3, -0.25) is 4.79 Å². The molecule has 104 valence electrons. The van der Waals surface area contributed by atoms with E-state index in [1.807, 2.05) is 6.07 Å². The lowest BCUT2D eigenvalue weighted by atomic mass is 10.1. The van der Waals surface area contributed by atoms with Crippen LogP contribution in [-0.2, 0) is 17.8 Å². The molecule has 2 aromatic carbocycles. The summed E-state index contributed by atoms with van der Waals surface area (Å²) in [6.07, 6.45) is 0.116. The molecule has 0 fully saturated rings. The molecule has 1 N–H and O–H groups in total. The summed E-state index contributed by atoms with van der Waals surface area (Å²) in [6, 6.07) is 10.1. The first-order valence-electron chi connectivity index (χ1n) is 6.00. The lowest BCUT2D eigenvalue weighted by Crippen LogP contribution is -2.25. The third-order valence-electron chi connectivity index (χ3n) is 2.78. The number of carbonyl (C=O) groups excluding carboxylic acids is 1. The molecule has 0 aliphatic heterocycles. The number of nitrogens with one attached hydrogen (secondary N) is 1. The Bertz CT molecular complexity index is 591. The van der Waals surface area contributed by atoms with Crippen LogP contribution in [0.3, 0.4) is 0 Å². The van der Waals surface area contributed by atoms with Crippen molar-refractivity contribution in [2.75, 3.05) is 0 Å². The maximum Gasteiger partial charge on any atom is 0.224 e. The van der Waals surface area contributed by atoms with Crippen LogP contribution >= 0.6 is 0 Å². The van der Waals surface area contributed by atoms with Crippen LogP contribution in [0.4, 0.5) is 13.2 Å². The van der Waals surface area contributed by atoms with E-state index in [1.54, 1.807) is 24.3 Å². The molecule has 0 unspecified atom stereocenters. The van der Waals surface area contributed by atoms with Gasteiger partial charge in [-0.15, -0.1) is 0 Å². The average molecular weight is 279 g/mol. The van der Waals surface area contributed by atoms with Crippen molar-refractivity contribution in [3.05, 3.63) is 71.0 Å². The van der Waals surface area contributed by atoms with E-state index in [4.69, 9.17) is 0 Å². The fourth-order valence-electron chi connectivity index (χ4n) is 1.77. The monoisotopic (exact) mass is 279 g/mol. The van der Waals surface area contributed by atoms with Gasteiger partial charge in [-0.1, -0.05) is 30.3 Å². The minimum atomic E-state index is -1.01. The number of hydrogen-bond donors (Lipinski definition) is 1. The van der Waals surface area contributed by atoms with Crippen molar-refractivity contribution in [3.63, 3.8) is 0 Å². The lowest BCUT2D eigenvalue weighted by molar-refractivity contribution is -0.120. The van der Waals surface area contributed by atoms with Gasteiger partial charge in [0.2, 0.25) is 5.91 Å². The molecule has 5 heteroatoms. The molecule has 0 atom stereocenters. The summed E-state index contributed by atoms with van der Waals surface area (Å²) in [7, 11) is 0. The summed E-state index contributed by atoms with van der Waals surface area (Å²) in [5.41, 5.74) is 0.442. The number of halogens is 3. The molecule has 20 heavy (non-hydrogen) atoms. The highest BCUT2D eigenvalue weighted by Crippen LogP contribution is 2.14. The molecular weight excluding hydrogens is 267 g/mol. The van der Waals surface area contributed by atoms with Crippen molar-refractivity contribution in [1.82, 2.24) is 5.32 Å². The molecule has 2 rings (SSSR count). The average Bonchev–Trinajstić information content (AvgIpc) is 2.38. The summed E-state index contributed by atoms with van der Waals surface area (Å²) in [6.45, 7) is -0.316. The van der Waals surface area contributed by atoms with Gasteiger partial charge < -0.3 is 5.32 Å². The van der Waals surface area contributed by atoms with Gasteiger partial charge in [-0.2, -0.15) is 0 Å². The molecule has 0 radical (unpaired) electrons. The fraction of sp³-hybridized carbons (Fsp3) is 0.133. The van der Waals surface area contributed by atoms with Crippen LogP contribution in [0.5, 0.6) is 0 Å². The molecular formula is C15H12F3NO. The summed E-state index contributed by atoms with van der Waals surface area (Å²) < 4.78 is 39.4. The van der Waals surface area contributed by atoms with Gasteiger partial charge in [0, 0.05) is 24.2 Å². The Labute approximate surface area is 114 Å². The molecule has 0 aliphatic carbocycles. The van der Waals surface area contributed by atoms with Crippen LogP contribution in [0, 0.1) is 17.5 Å². The Morgan fingerprint density at radius 1 is 1.00 bits per heavy atom. The van der Waals surface area contributed by atoms with Crippen LogP contribution in [-0.4, -0.2) is 5.91 Å². The van der Waals surface area contributed by atoms with Crippen molar-refractivity contribution < 1.29 is 18.0 Å². The van der Waals surface area contributed by atoms with Gasteiger partial charge in [-0.25, -0.2) is 13.2 Å². The highest BCUT2D eigenvalue weighted by atomic mass is 19.1. The molecule has 0 aliphatic rings. The van der Waals surface area contributed by atoms with E-state index >= 15 is 0 Å². The van der Waals surface area contributed by atoms with Gasteiger partial charge in [0.15, 0.2) is 0 Å². The minimum absolute atomic E-state index is 0.116. The Morgan fingerprint density at radius 3 is 2.20 bits per heavy atom. The molecule has 0 bridgehead atoms. The second-order valence-corrected chi connectivity index (χ2v) is 4.29. The lowest BCUT2D eigenvalue weighted by Gasteiger charge is -2.08. The zero-order chi connectivity index (χ0) is 14.5. The van der Waals surface area contributed by atoms with E-state index in [0.717, 1.165) is 5.56 Å². The van der Waals surface area contributed by atoms with E-state index in [1.165, 1.54) is 0 Å². The van der Waals surface area contributed by atoms with Gasteiger partial charge in [0.1, 0.15) is 17.5 Å². The predicted molar refractivity (Wildman–Crippen MR) is 68.3 cm³/mol. The Morgan fingerprint density at radius 2 is 1.60 bits per heavy atom. The summed E-state index contributed by atoms with van der Waals surface area (Å²) in [5, 5.41) is 2.41. The molecule has 0 saturated carbocycles. The second-order valence-electron chi connectivity index (χ2n) is 4.29. The molecule has 0 heterocycles. The molecule has 2 nitrogen and oxygen atoms in total. The third-order valence-corrected chi connectivity index (χ3v) is 2.78. The molecule has 0 aromatic heterocycles. The van der Waals surface area contributed by atoms with Crippen LogP contribution in [0.15, 0.2) is 42.5 Å². The molecule has 2 aromatic rings. The van der Waals surface area contributed by atoms with Gasteiger partial charge in [-0.05, 0) is 5.56 Å². The van der Waals surface area contributed by atoms with Crippen molar-refractivity contribution in [1.29, 1.82) is 0 Å². The quantitative estimate of drug-likeness (QED) is 0.916. The van der Waals surface area contributed by atoms with E-state index in [9.17, 15) is 18.0 Å². The van der Waals surface area contributed by atoms with Gasteiger partial charge >= 0.3 is 0 Å². The smallest absolute Gasteiger partial charge is 0.224 e. The zero-order valence-corrected chi connectivity index (χ0v) is 10.5. The van der Waals surface area contributed by atoms with Crippen molar-refractivity contribution in [2.24, 2.45) is 0 Å². The Hall–Kier alpha value is -2.30. The summed E-state index contributed by atoms with van der Waals surface area (Å²) >= 11 is 0. The van der Waals surface area contributed by atoms with Crippen LogP contribution in [0.1, 0.15) is 11.1 Å². The first-order chi connectivity index (χ1) is 9.56. The molecule has 0 spiro atoms. The van der Waals surface area contributed by atoms with E-state index in [-0.39, 0.29) is 24.4 Å². The number of amides is 1. The SMILES string of the molecule is O=C(Cc1ccccc1)NCc1c(F)cc(F)cc1F. The first kappa shape index (κ1) is 14.1. The molecule has 1 amide bonds. The normalized spacial score (nSPS) is 10.3. The number of hydrogen-bond acceptors (Lipinski definition) is 1. The standard InChI is InChI=1S/C15H12F3NO/c16-11-7-13(17)12(14(18)8-11)9-19-15(20)6-10-4-2-1-3-5-10/h1-5,7-8H,6,9H2,(H,19,20). The summed E-state index contributed by atoms with van der Waals surface area (Å²) in [4.78, 5) is 11.6. The number of carbonyl (C=O) groups is 1. The minimum Gasteiger partial charge on any atom is -0.352 e. The van der Waals surface area contributed by atoms with E-state index < -0.39 is 17.5 Å². The second kappa shape index (κ2) is 6.23. The van der Waals surface area contributed by atoms with Crippen LogP contribution < -0.4 is 5.32 Å². The van der Waals surface area contributed by atoms with Gasteiger partial charge in [0.25, 0.3) is 0 Å². The third kappa shape index (κ3) is 3.60. The Kier molecular flexibility index (Phi) is 4.40. The largest absolute Gasteiger partial charge is 0.352 e. The topological polar surface area (TPSA) is 29.1 Å². The molecule has 0 saturated heterocycles.